The molecule has 210 valence electrons. The van der Waals surface area contributed by atoms with E-state index in [9.17, 15) is 4.79 Å². The Morgan fingerprint density at radius 3 is 2.50 bits per heavy atom. The lowest BCUT2D eigenvalue weighted by atomic mass is 10.1. The third-order valence-corrected chi connectivity index (χ3v) is 7.07. The molecule has 0 bridgehead atoms. The van der Waals surface area contributed by atoms with Crippen LogP contribution in [0.2, 0.25) is 5.02 Å². The molecule has 0 amide bonds. The van der Waals surface area contributed by atoms with Gasteiger partial charge in [0.15, 0.2) is 17.3 Å². The van der Waals surface area contributed by atoms with Crippen molar-refractivity contribution in [3.8, 4) is 28.8 Å². The molecule has 42 heavy (non-hydrogen) atoms. The zero-order chi connectivity index (χ0) is 29.2. The fourth-order valence-electron chi connectivity index (χ4n) is 4.63. The number of aryl methyl sites for hydroxylation is 1. The van der Waals surface area contributed by atoms with Crippen molar-refractivity contribution < 1.29 is 18.6 Å². The van der Waals surface area contributed by atoms with E-state index in [0.717, 1.165) is 10.9 Å². The standard InChI is InChI=1S/C33H26ClN3O5/c1-20-11-13-21(14-12-20)19-41-31-25(34)15-22(16-29(31)40-3)18-35-37-32(36-26-8-5-4-7-23(26)33(37)38)30-17-24-27(39-2)9-6-10-28(24)42-30/h4-18H,19H2,1-3H3. The van der Waals surface area contributed by atoms with E-state index in [1.54, 1.807) is 43.5 Å². The van der Waals surface area contributed by atoms with Gasteiger partial charge in [0.1, 0.15) is 17.9 Å². The van der Waals surface area contributed by atoms with Gasteiger partial charge in [-0.25, -0.2) is 4.98 Å². The van der Waals surface area contributed by atoms with Crippen LogP contribution in [0.25, 0.3) is 33.5 Å². The van der Waals surface area contributed by atoms with E-state index < -0.39 is 0 Å². The zero-order valence-corrected chi connectivity index (χ0v) is 23.9. The van der Waals surface area contributed by atoms with E-state index in [2.05, 4.69) is 5.10 Å². The van der Waals surface area contributed by atoms with E-state index >= 15 is 0 Å². The van der Waals surface area contributed by atoms with Crippen molar-refractivity contribution in [1.82, 2.24) is 9.66 Å². The molecule has 2 heterocycles. The van der Waals surface area contributed by atoms with Gasteiger partial charge >= 0.3 is 0 Å². The SMILES string of the molecule is COc1cc(C=Nn2c(-c3cc4c(OC)cccc4o3)nc3ccccc3c2=O)cc(Cl)c1OCc1ccc(C)cc1. The average Bonchev–Trinajstić information content (AvgIpc) is 3.45. The highest BCUT2D eigenvalue weighted by atomic mass is 35.5. The summed E-state index contributed by atoms with van der Waals surface area (Å²) < 4.78 is 24.4. The van der Waals surface area contributed by atoms with Crippen molar-refractivity contribution >= 4 is 39.7 Å². The maximum Gasteiger partial charge on any atom is 0.282 e. The van der Waals surface area contributed by atoms with Crippen molar-refractivity contribution in [2.45, 2.75) is 13.5 Å². The van der Waals surface area contributed by atoms with Crippen molar-refractivity contribution in [2.75, 3.05) is 14.2 Å². The Morgan fingerprint density at radius 1 is 0.929 bits per heavy atom. The number of methoxy groups -OCH3 is 2. The smallest absolute Gasteiger partial charge is 0.282 e. The van der Waals surface area contributed by atoms with Crippen LogP contribution < -0.4 is 19.8 Å². The van der Waals surface area contributed by atoms with Gasteiger partial charge in [-0.3, -0.25) is 4.79 Å². The third-order valence-electron chi connectivity index (χ3n) is 6.79. The zero-order valence-electron chi connectivity index (χ0n) is 23.1. The minimum Gasteiger partial charge on any atom is -0.496 e. The monoisotopic (exact) mass is 579 g/mol. The fourth-order valence-corrected chi connectivity index (χ4v) is 4.90. The summed E-state index contributed by atoms with van der Waals surface area (Å²) in [5.74, 6) is 2.10. The molecule has 8 nitrogen and oxygen atoms in total. The molecule has 0 aliphatic carbocycles. The minimum atomic E-state index is -0.351. The van der Waals surface area contributed by atoms with Gasteiger partial charge in [-0.2, -0.15) is 9.78 Å². The van der Waals surface area contributed by atoms with Crippen LogP contribution in [-0.2, 0) is 6.61 Å². The molecule has 9 heteroatoms. The summed E-state index contributed by atoms with van der Waals surface area (Å²) in [7, 11) is 3.13. The lowest BCUT2D eigenvalue weighted by molar-refractivity contribution is 0.284. The second-order valence-electron chi connectivity index (χ2n) is 9.61. The van der Waals surface area contributed by atoms with Crippen LogP contribution in [0.15, 0.2) is 99.2 Å². The Kier molecular flexibility index (Phi) is 7.37. The second-order valence-corrected chi connectivity index (χ2v) is 10.0. The average molecular weight is 580 g/mol. The van der Waals surface area contributed by atoms with Gasteiger partial charge in [-0.1, -0.05) is 59.6 Å². The van der Waals surface area contributed by atoms with Crippen LogP contribution in [0.4, 0.5) is 0 Å². The van der Waals surface area contributed by atoms with E-state index in [1.165, 1.54) is 23.6 Å². The first-order valence-corrected chi connectivity index (χ1v) is 13.5. The largest absolute Gasteiger partial charge is 0.496 e. The minimum absolute atomic E-state index is 0.240. The Balaban J connectivity index is 1.40. The number of para-hydroxylation sites is 1. The highest BCUT2D eigenvalue weighted by Gasteiger charge is 2.18. The fraction of sp³-hybridized carbons (Fsp3) is 0.121. The van der Waals surface area contributed by atoms with Crippen LogP contribution in [0.3, 0.4) is 0 Å². The Hall–Kier alpha value is -5.08. The summed E-state index contributed by atoms with van der Waals surface area (Å²) >= 11 is 6.62. The topological polar surface area (TPSA) is 88.1 Å². The lowest BCUT2D eigenvalue weighted by Crippen LogP contribution is -2.20. The number of aromatic nitrogens is 2. The molecule has 0 spiro atoms. The molecule has 0 unspecified atom stereocenters. The first-order chi connectivity index (χ1) is 20.4. The number of hydrogen-bond donors (Lipinski definition) is 0. The molecular weight excluding hydrogens is 554 g/mol. The van der Waals surface area contributed by atoms with Crippen LogP contribution in [0.5, 0.6) is 17.2 Å². The number of fused-ring (bicyclic) bond motifs is 2. The van der Waals surface area contributed by atoms with Gasteiger partial charge in [0.25, 0.3) is 5.56 Å². The summed E-state index contributed by atoms with van der Waals surface area (Å²) in [5, 5.41) is 6.05. The molecule has 4 aromatic carbocycles. The molecule has 0 radical (unpaired) electrons. The summed E-state index contributed by atoms with van der Waals surface area (Å²) in [4.78, 5) is 18.4. The molecule has 0 saturated heterocycles. The van der Waals surface area contributed by atoms with E-state index in [1.807, 2.05) is 55.5 Å². The lowest BCUT2D eigenvalue weighted by Gasteiger charge is -2.13. The Morgan fingerprint density at radius 2 is 1.71 bits per heavy atom. The number of rotatable bonds is 8. The molecule has 0 N–H and O–H groups in total. The van der Waals surface area contributed by atoms with E-state index in [-0.39, 0.29) is 11.4 Å². The van der Waals surface area contributed by atoms with Crippen molar-refractivity contribution in [3.63, 3.8) is 0 Å². The van der Waals surface area contributed by atoms with E-state index in [4.69, 9.17) is 35.2 Å². The first kappa shape index (κ1) is 27.1. The van der Waals surface area contributed by atoms with Gasteiger partial charge in [-0.15, -0.1) is 0 Å². The Labute approximate surface area is 246 Å². The molecule has 0 aliphatic rings. The summed E-state index contributed by atoms with van der Waals surface area (Å²) in [6.45, 7) is 2.36. The van der Waals surface area contributed by atoms with Crippen LogP contribution >= 0.6 is 11.6 Å². The number of ether oxygens (including phenoxy) is 3. The molecule has 0 fully saturated rings. The number of benzene rings is 4. The normalized spacial score (nSPS) is 11.4. The van der Waals surface area contributed by atoms with Gasteiger partial charge in [0, 0.05) is 0 Å². The highest BCUT2D eigenvalue weighted by molar-refractivity contribution is 6.32. The molecule has 0 aliphatic heterocycles. The maximum atomic E-state index is 13.6. The quantitative estimate of drug-likeness (QED) is 0.176. The van der Waals surface area contributed by atoms with Crippen LogP contribution in [-0.4, -0.2) is 30.1 Å². The predicted octanol–water partition coefficient (Wildman–Crippen LogP) is 7.25. The molecule has 6 rings (SSSR count). The molecular formula is C33H26ClN3O5. The van der Waals surface area contributed by atoms with Gasteiger partial charge in [0.05, 0.1) is 41.7 Å². The number of furan rings is 1. The van der Waals surface area contributed by atoms with Gasteiger partial charge < -0.3 is 18.6 Å². The molecule has 6 aromatic rings. The summed E-state index contributed by atoms with van der Waals surface area (Å²) in [5.41, 5.74) is 3.54. The van der Waals surface area contributed by atoms with Crippen LogP contribution in [0, 0.1) is 6.92 Å². The number of halogens is 1. The van der Waals surface area contributed by atoms with Crippen molar-refractivity contribution in [1.29, 1.82) is 0 Å². The van der Waals surface area contributed by atoms with Crippen LogP contribution in [0.1, 0.15) is 16.7 Å². The van der Waals surface area contributed by atoms with Gasteiger partial charge in [0.2, 0.25) is 5.82 Å². The highest BCUT2D eigenvalue weighted by Crippen LogP contribution is 2.37. The summed E-state index contributed by atoms with van der Waals surface area (Å²) in [6.07, 6.45) is 1.52. The summed E-state index contributed by atoms with van der Waals surface area (Å²) in [6, 6.07) is 25.9. The van der Waals surface area contributed by atoms with Crippen molar-refractivity contribution in [3.05, 3.63) is 117 Å². The van der Waals surface area contributed by atoms with E-state index in [0.29, 0.717) is 56.7 Å². The molecule has 0 saturated carbocycles. The number of hydrogen-bond acceptors (Lipinski definition) is 7. The third kappa shape index (κ3) is 5.20. The first-order valence-electron chi connectivity index (χ1n) is 13.1. The maximum absolute atomic E-state index is 13.6. The second kappa shape index (κ2) is 11.4. The molecule has 2 aromatic heterocycles. The molecule has 0 atom stereocenters. The predicted molar refractivity (Wildman–Crippen MR) is 164 cm³/mol. The number of nitrogens with zero attached hydrogens (tertiary/aromatic N) is 3. The Bertz CT molecular complexity index is 2010. The van der Waals surface area contributed by atoms with Crippen molar-refractivity contribution in [2.24, 2.45) is 5.10 Å². The van der Waals surface area contributed by atoms with Gasteiger partial charge in [-0.05, 0) is 60.5 Å².